The first-order chi connectivity index (χ1) is 9.42. The standard InChI is InChI=1S/C19H33N/c1-6-13-20-15-17(11-12-19(3,4)5)14-18-10-8-7-9-16(18)2/h7-10,17,20H,6,11-15H2,1-5H3. The summed E-state index contributed by atoms with van der Waals surface area (Å²) in [7, 11) is 0. The molecule has 0 fully saturated rings. The fourth-order valence-corrected chi connectivity index (χ4v) is 2.55. The zero-order valence-electron chi connectivity index (χ0n) is 14.1. The van der Waals surface area contributed by atoms with Gasteiger partial charge in [-0.2, -0.15) is 0 Å². The maximum atomic E-state index is 3.61. The summed E-state index contributed by atoms with van der Waals surface area (Å²) in [5.74, 6) is 0.752. The predicted octanol–water partition coefficient (Wildman–Crippen LogP) is 4.98. The molecule has 20 heavy (non-hydrogen) atoms. The van der Waals surface area contributed by atoms with Gasteiger partial charge >= 0.3 is 0 Å². The summed E-state index contributed by atoms with van der Waals surface area (Å²) in [6.07, 6.45) is 5.04. The monoisotopic (exact) mass is 275 g/mol. The molecule has 1 N–H and O–H groups in total. The number of hydrogen-bond acceptors (Lipinski definition) is 1. The highest BCUT2D eigenvalue weighted by Gasteiger charge is 2.16. The Kier molecular flexibility index (Phi) is 7.29. The van der Waals surface area contributed by atoms with Crippen molar-refractivity contribution in [3.8, 4) is 0 Å². The zero-order chi connectivity index (χ0) is 15.0. The third kappa shape index (κ3) is 7.09. The van der Waals surface area contributed by atoms with E-state index in [0.29, 0.717) is 5.41 Å². The summed E-state index contributed by atoms with van der Waals surface area (Å²) in [5, 5.41) is 3.61. The second-order valence-electron chi connectivity index (χ2n) is 7.30. The Hall–Kier alpha value is -0.820. The van der Waals surface area contributed by atoms with Gasteiger partial charge in [0.05, 0.1) is 0 Å². The van der Waals surface area contributed by atoms with E-state index in [1.54, 1.807) is 0 Å². The van der Waals surface area contributed by atoms with Crippen LogP contribution in [0.2, 0.25) is 0 Å². The number of aryl methyl sites for hydroxylation is 1. The van der Waals surface area contributed by atoms with Crippen molar-refractivity contribution in [3.63, 3.8) is 0 Å². The van der Waals surface area contributed by atoms with Gasteiger partial charge in [0.15, 0.2) is 0 Å². The highest BCUT2D eigenvalue weighted by atomic mass is 14.8. The molecular formula is C19H33N. The van der Waals surface area contributed by atoms with Crippen LogP contribution >= 0.6 is 0 Å². The van der Waals surface area contributed by atoms with E-state index in [1.165, 1.54) is 36.8 Å². The molecule has 0 spiro atoms. The molecule has 0 aliphatic heterocycles. The molecule has 0 aromatic heterocycles. The minimum absolute atomic E-state index is 0.439. The van der Waals surface area contributed by atoms with Gasteiger partial charge in [0, 0.05) is 0 Å². The van der Waals surface area contributed by atoms with Crippen molar-refractivity contribution in [2.24, 2.45) is 11.3 Å². The molecular weight excluding hydrogens is 242 g/mol. The summed E-state index contributed by atoms with van der Waals surface area (Å²) in [5.41, 5.74) is 3.39. The molecule has 114 valence electrons. The van der Waals surface area contributed by atoms with Crippen LogP contribution in [-0.2, 0) is 6.42 Å². The maximum Gasteiger partial charge on any atom is -0.00173 e. The zero-order valence-corrected chi connectivity index (χ0v) is 14.1. The van der Waals surface area contributed by atoms with Gasteiger partial charge in [0.2, 0.25) is 0 Å². The van der Waals surface area contributed by atoms with Crippen LogP contribution in [0.4, 0.5) is 0 Å². The van der Waals surface area contributed by atoms with Gasteiger partial charge < -0.3 is 5.32 Å². The molecule has 1 rings (SSSR count). The number of hydrogen-bond donors (Lipinski definition) is 1. The summed E-state index contributed by atoms with van der Waals surface area (Å²) in [6, 6.07) is 8.83. The Bertz CT molecular complexity index is 376. The van der Waals surface area contributed by atoms with Crippen LogP contribution in [0.1, 0.15) is 58.1 Å². The average molecular weight is 275 g/mol. The molecule has 1 atom stereocenters. The lowest BCUT2D eigenvalue weighted by atomic mass is 9.84. The highest BCUT2D eigenvalue weighted by Crippen LogP contribution is 2.25. The van der Waals surface area contributed by atoms with Crippen molar-refractivity contribution in [1.82, 2.24) is 5.32 Å². The first kappa shape index (κ1) is 17.2. The van der Waals surface area contributed by atoms with E-state index in [0.717, 1.165) is 19.0 Å². The third-order valence-corrected chi connectivity index (χ3v) is 3.93. The van der Waals surface area contributed by atoms with Crippen LogP contribution in [0.25, 0.3) is 0 Å². The lowest BCUT2D eigenvalue weighted by molar-refractivity contribution is 0.314. The fourth-order valence-electron chi connectivity index (χ4n) is 2.55. The molecule has 0 saturated heterocycles. The van der Waals surface area contributed by atoms with Crippen LogP contribution in [-0.4, -0.2) is 13.1 Å². The maximum absolute atomic E-state index is 3.61. The molecule has 1 aromatic carbocycles. The second kappa shape index (κ2) is 8.46. The summed E-state index contributed by atoms with van der Waals surface area (Å²) < 4.78 is 0. The van der Waals surface area contributed by atoms with Crippen molar-refractivity contribution < 1.29 is 0 Å². The smallest absolute Gasteiger partial charge is 0.00173 e. The van der Waals surface area contributed by atoms with E-state index in [2.05, 4.69) is 64.2 Å². The van der Waals surface area contributed by atoms with Crippen LogP contribution in [0, 0.1) is 18.3 Å². The van der Waals surface area contributed by atoms with E-state index in [-0.39, 0.29) is 0 Å². The van der Waals surface area contributed by atoms with Gasteiger partial charge in [-0.15, -0.1) is 0 Å². The molecule has 1 heteroatoms. The first-order valence-corrected chi connectivity index (χ1v) is 8.17. The van der Waals surface area contributed by atoms with E-state index >= 15 is 0 Å². The van der Waals surface area contributed by atoms with Gasteiger partial charge in [-0.3, -0.25) is 0 Å². The lowest BCUT2D eigenvalue weighted by Gasteiger charge is -2.24. The number of rotatable bonds is 8. The van der Waals surface area contributed by atoms with Gasteiger partial charge in [0.25, 0.3) is 0 Å². The second-order valence-corrected chi connectivity index (χ2v) is 7.30. The first-order valence-electron chi connectivity index (χ1n) is 8.17. The Morgan fingerprint density at radius 2 is 1.85 bits per heavy atom. The Balaban J connectivity index is 2.59. The van der Waals surface area contributed by atoms with Crippen LogP contribution < -0.4 is 5.32 Å². The van der Waals surface area contributed by atoms with Crippen molar-refractivity contribution in [1.29, 1.82) is 0 Å². The molecule has 1 nitrogen and oxygen atoms in total. The number of nitrogens with one attached hydrogen (secondary N) is 1. The van der Waals surface area contributed by atoms with Crippen LogP contribution in [0.5, 0.6) is 0 Å². The molecule has 1 aromatic rings. The summed E-state index contributed by atoms with van der Waals surface area (Å²) >= 11 is 0. The summed E-state index contributed by atoms with van der Waals surface area (Å²) in [4.78, 5) is 0. The molecule has 0 aliphatic rings. The molecule has 0 radical (unpaired) electrons. The van der Waals surface area contributed by atoms with Gasteiger partial charge in [-0.05, 0) is 68.2 Å². The Morgan fingerprint density at radius 1 is 1.15 bits per heavy atom. The SMILES string of the molecule is CCCNCC(CCC(C)(C)C)Cc1ccccc1C. The predicted molar refractivity (Wildman–Crippen MR) is 90.2 cm³/mol. The highest BCUT2D eigenvalue weighted by molar-refractivity contribution is 5.25. The minimum Gasteiger partial charge on any atom is -0.316 e. The summed E-state index contributed by atoms with van der Waals surface area (Å²) in [6.45, 7) is 13.8. The van der Waals surface area contributed by atoms with Crippen molar-refractivity contribution in [2.45, 2.75) is 60.3 Å². The quantitative estimate of drug-likeness (QED) is 0.660. The largest absolute Gasteiger partial charge is 0.316 e. The lowest BCUT2D eigenvalue weighted by Crippen LogP contribution is -2.26. The number of benzene rings is 1. The van der Waals surface area contributed by atoms with Gasteiger partial charge in [0.1, 0.15) is 0 Å². The third-order valence-electron chi connectivity index (χ3n) is 3.93. The van der Waals surface area contributed by atoms with Gasteiger partial charge in [-0.25, -0.2) is 0 Å². The Morgan fingerprint density at radius 3 is 2.45 bits per heavy atom. The Labute approximate surface area is 126 Å². The van der Waals surface area contributed by atoms with Gasteiger partial charge in [-0.1, -0.05) is 52.0 Å². The van der Waals surface area contributed by atoms with Crippen molar-refractivity contribution >= 4 is 0 Å². The van der Waals surface area contributed by atoms with E-state index in [9.17, 15) is 0 Å². The molecule has 0 aliphatic carbocycles. The van der Waals surface area contributed by atoms with Crippen molar-refractivity contribution in [3.05, 3.63) is 35.4 Å². The normalized spacial score (nSPS) is 13.4. The molecule has 0 bridgehead atoms. The van der Waals surface area contributed by atoms with E-state index < -0.39 is 0 Å². The molecule has 0 heterocycles. The molecule has 0 amide bonds. The topological polar surface area (TPSA) is 12.0 Å². The van der Waals surface area contributed by atoms with E-state index in [1.807, 2.05) is 0 Å². The minimum atomic E-state index is 0.439. The molecule has 0 saturated carbocycles. The van der Waals surface area contributed by atoms with Crippen LogP contribution in [0.15, 0.2) is 24.3 Å². The van der Waals surface area contributed by atoms with Crippen molar-refractivity contribution in [2.75, 3.05) is 13.1 Å². The fraction of sp³-hybridized carbons (Fsp3) is 0.684. The molecule has 1 unspecified atom stereocenters. The van der Waals surface area contributed by atoms with Crippen LogP contribution in [0.3, 0.4) is 0 Å². The average Bonchev–Trinajstić information content (AvgIpc) is 2.37. The van der Waals surface area contributed by atoms with E-state index in [4.69, 9.17) is 0 Å².